The zero-order valence-corrected chi connectivity index (χ0v) is 11.2. The van der Waals surface area contributed by atoms with Crippen molar-refractivity contribution in [3.8, 4) is 0 Å². The topological polar surface area (TPSA) is 28.2 Å². The third kappa shape index (κ3) is 2.61. The summed E-state index contributed by atoms with van der Waals surface area (Å²) in [5.41, 5.74) is 2.45. The van der Waals surface area contributed by atoms with Gasteiger partial charge in [-0.05, 0) is 43.1 Å². The summed E-state index contributed by atoms with van der Waals surface area (Å²) in [5.74, 6) is 0.980. The van der Waals surface area contributed by atoms with E-state index in [4.69, 9.17) is 0 Å². The van der Waals surface area contributed by atoms with Crippen molar-refractivity contribution in [1.29, 1.82) is 0 Å². The van der Waals surface area contributed by atoms with Gasteiger partial charge in [0.25, 0.3) is 0 Å². The summed E-state index contributed by atoms with van der Waals surface area (Å²) in [7, 11) is 2.05. The van der Waals surface area contributed by atoms with Crippen LogP contribution in [0.4, 0.5) is 11.5 Å². The standard InChI is InChI=1S/C16H19N3/c1-19(14-6-3-2-4-7-14)16-10-9-13(12-18-16)15-8-5-11-17-15/h2-4,6-7,9-10,12,15,17H,5,8,11H2,1H3/t15-/m1/s1. The van der Waals surface area contributed by atoms with E-state index in [9.17, 15) is 0 Å². The van der Waals surface area contributed by atoms with Crippen molar-refractivity contribution in [3.63, 3.8) is 0 Å². The van der Waals surface area contributed by atoms with E-state index >= 15 is 0 Å². The van der Waals surface area contributed by atoms with Crippen molar-refractivity contribution in [2.45, 2.75) is 18.9 Å². The molecule has 1 aromatic carbocycles. The molecule has 0 aliphatic carbocycles. The average Bonchev–Trinajstić information content (AvgIpc) is 3.02. The number of anilines is 2. The molecule has 98 valence electrons. The molecule has 0 saturated carbocycles. The lowest BCUT2D eigenvalue weighted by Gasteiger charge is -2.19. The molecule has 3 nitrogen and oxygen atoms in total. The lowest BCUT2D eigenvalue weighted by Crippen LogP contribution is -2.14. The van der Waals surface area contributed by atoms with E-state index in [1.807, 2.05) is 31.4 Å². The molecule has 1 aromatic heterocycles. The van der Waals surface area contributed by atoms with Gasteiger partial charge in [0.2, 0.25) is 0 Å². The molecule has 0 amide bonds. The van der Waals surface area contributed by atoms with Gasteiger partial charge in [0.1, 0.15) is 5.82 Å². The Morgan fingerprint density at radius 1 is 1.16 bits per heavy atom. The number of hydrogen-bond acceptors (Lipinski definition) is 3. The minimum absolute atomic E-state index is 0.489. The average molecular weight is 253 g/mol. The van der Waals surface area contributed by atoms with Gasteiger partial charge in [-0.15, -0.1) is 0 Å². The van der Waals surface area contributed by atoms with Crippen LogP contribution < -0.4 is 10.2 Å². The van der Waals surface area contributed by atoms with Gasteiger partial charge < -0.3 is 10.2 Å². The van der Waals surface area contributed by atoms with Crippen LogP contribution in [0.1, 0.15) is 24.4 Å². The zero-order valence-electron chi connectivity index (χ0n) is 11.2. The van der Waals surface area contributed by atoms with Crippen molar-refractivity contribution in [2.24, 2.45) is 0 Å². The molecule has 0 spiro atoms. The van der Waals surface area contributed by atoms with Crippen LogP contribution in [0.3, 0.4) is 0 Å². The molecule has 1 saturated heterocycles. The molecule has 1 aliphatic rings. The van der Waals surface area contributed by atoms with Crippen LogP contribution in [0, 0.1) is 0 Å². The molecule has 0 bridgehead atoms. The Hall–Kier alpha value is -1.87. The molecule has 19 heavy (non-hydrogen) atoms. The van der Waals surface area contributed by atoms with Gasteiger partial charge >= 0.3 is 0 Å². The molecule has 0 unspecified atom stereocenters. The summed E-state index contributed by atoms with van der Waals surface area (Å²) in [5, 5.41) is 3.50. The molecule has 2 heterocycles. The molecular formula is C16H19N3. The predicted octanol–water partition coefficient (Wildman–Crippen LogP) is 3.27. The number of para-hydroxylation sites is 1. The Morgan fingerprint density at radius 3 is 2.63 bits per heavy atom. The lowest BCUT2D eigenvalue weighted by molar-refractivity contribution is 0.645. The third-order valence-corrected chi connectivity index (χ3v) is 3.72. The minimum Gasteiger partial charge on any atom is -0.329 e. The monoisotopic (exact) mass is 253 g/mol. The van der Waals surface area contributed by atoms with Crippen LogP contribution >= 0.6 is 0 Å². The number of hydrogen-bond donors (Lipinski definition) is 1. The number of pyridine rings is 1. The summed E-state index contributed by atoms with van der Waals surface area (Å²) in [4.78, 5) is 6.69. The maximum atomic E-state index is 4.59. The van der Waals surface area contributed by atoms with Gasteiger partial charge in [-0.3, -0.25) is 0 Å². The van der Waals surface area contributed by atoms with Gasteiger partial charge in [-0.2, -0.15) is 0 Å². The van der Waals surface area contributed by atoms with Crippen LogP contribution in [0.15, 0.2) is 48.7 Å². The van der Waals surface area contributed by atoms with Crippen molar-refractivity contribution < 1.29 is 0 Å². The first kappa shape index (κ1) is 12.2. The highest BCUT2D eigenvalue weighted by Gasteiger charge is 2.16. The third-order valence-electron chi connectivity index (χ3n) is 3.72. The second kappa shape index (κ2) is 5.41. The molecule has 3 heteroatoms. The fourth-order valence-corrected chi connectivity index (χ4v) is 2.55. The maximum Gasteiger partial charge on any atom is 0.132 e. The highest BCUT2D eigenvalue weighted by molar-refractivity contribution is 5.58. The normalized spacial score (nSPS) is 18.5. The molecular weight excluding hydrogens is 234 g/mol. The summed E-state index contributed by atoms with van der Waals surface area (Å²) in [6, 6.07) is 15.1. The maximum absolute atomic E-state index is 4.59. The number of rotatable bonds is 3. The summed E-state index contributed by atoms with van der Waals surface area (Å²) < 4.78 is 0. The Kier molecular flexibility index (Phi) is 3.47. The number of nitrogens with zero attached hydrogens (tertiary/aromatic N) is 2. The van der Waals surface area contributed by atoms with Gasteiger partial charge in [0.05, 0.1) is 0 Å². The van der Waals surface area contributed by atoms with E-state index in [1.165, 1.54) is 18.4 Å². The highest BCUT2D eigenvalue weighted by Crippen LogP contribution is 2.25. The first-order chi connectivity index (χ1) is 9.34. The van der Waals surface area contributed by atoms with Crippen LogP contribution in [0.5, 0.6) is 0 Å². The second-order valence-electron chi connectivity index (χ2n) is 4.99. The summed E-state index contributed by atoms with van der Waals surface area (Å²) in [6.07, 6.45) is 4.48. The smallest absolute Gasteiger partial charge is 0.132 e. The van der Waals surface area contributed by atoms with Crippen molar-refractivity contribution in [3.05, 3.63) is 54.2 Å². The molecule has 2 aromatic rings. The van der Waals surface area contributed by atoms with Gasteiger partial charge in [0, 0.05) is 25.0 Å². The lowest BCUT2D eigenvalue weighted by atomic mass is 10.1. The quantitative estimate of drug-likeness (QED) is 0.910. The predicted molar refractivity (Wildman–Crippen MR) is 78.7 cm³/mol. The van der Waals surface area contributed by atoms with Crippen LogP contribution in [0.2, 0.25) is 0 Å². The van der Waals surface area contributed by atoms with E-state index in [0.29, 0.717) is 6.04 Å². The summed E-state index contributed by atoms with van der Waals surface area (Å²) in [6.45, 7) is 1.12. The van der Waals surface area contributed by atoms with Crippen LogP contribution in [0.25, 0.3) is 0 Å². The Labute approximate surface area is 114 Å². The van der Waals surface area contributed by atoms with E-state index in [2.05, 4.69) is 39.5 Å². The SMILES string of the molecule is CN(c1ccccc1)c1ccc([C@H]2CCCN2)cn1. The number of nitrogens with one attached hydrogen (secondary N) is 1. The van der Waals surface area contributed by atoms with Crippen molar-refractivity contribution in [2.75, 3.05) is 18.5 Å². The van der Waals surface area contributed by atoms with E-state index < -0.39 is 0 Å². The van der Waals surface area contributed by atoms with E-state index in [0.717, 1.165) is 18.1 Å². The minimum atomic E-state index is 0.489. The van der Waals surface area contributed by atoms with E-state index in [1.54, 1.807) is 0 Å². The fourth-order valence-electron chi connectivity index (χ4n) is 2.55. The van der Waals surface area contributed by atoms with Crippen LogP contribution in [-0.4, -0.2) is 18.6 Å². The number of benzene rings is 1. The van der Waals surface area contributed by atoms with Gasteiger partial charge in [0.15, 0.2) is 0 Å². The Balaban J connectivity index is 1.78. The van der Waals surface area contributed by atoms with Gasteiger partial charge in [-0.25, -0.2) is 4.98 Å². The van der Waals surface area contributed by atoms with Crippen molar-refractivity contribution in [1.82, 2.24) is 10.3 Å². The van der Waals surface area contributed by atoms with Gasteiger partial charge in [-0.1, -0.05) is 24.3 Å². The summed E-state index contributed by atoms with van der Waals surface area (Å²) >= 11 is 0. The molecule has 1 fully saturated rings. The first-order valence-electron chi connectivity index (χ1n) is 6.83. The molecule has 0 radical (unpaired) electrons. The van der Waals surface area contributed by atoms with E-state index in [-0.39, 0.29) is 0 Å². The largest absolute Gasteiger partial charge is 0.329 e. The zero-order chi connectivity index (χ0) is 13.1. The highest BCUT2D eigenvalue weighted by atomic mass is 15.2. The Morgan fingerprint density at radius 2 is 2.00 bits per heavy atom. The Bertz CT molecular complexity index is 515. The molecule has 1 atom stereocenters. The van der Waals surface area contributed by atoms with Crippen molar-refractivity contribution >= 4 is 11.5 Å². The molecule has 1 aliphatic heterocycles. The first-order valence-corrected chi connectivity index (χ1v) is 6.83. The second-order valence-corrected chi connectivity index (χ2v) is 4.99. The number of aromatic nitrogens is 1. The molecule has 1 N–H and O–H groups in total. The van der Waals surface area contributed by atoms with Crippen LogP contribution in [-0.2, 0) is 0 Å². The fraction of sp³-hybridized carbons (Fsp3) is 0.312. The molecule has 3 rings (SSSR count).